The summed E-state index contributed by atoms with van der Waals surface area (Å²) in [5.41, 5.74) is -0.119. The second-order valence-electron chi connectivity index (χ2n) is 7.11. The van der Waals surface area contributed by atoms with Crippen LogP contribution in [0.2, 0.25) is 0 Å². The summed E-state index contributed by atoms with van der Waals surface area (Å²) in [6, 6.07) is 10.1. The molecule has 0 bridgehead atoms. The molecule has 0 saturated heterocycles. The zero-order valence-electron chi connectivity index (χ0n) is 18.1. The van der Waals surface area contributed by atoms with Gasteiger partial charge in [0.05, 0.1) is 11.1 Å². The Morgan fingerprint density at radius 3 is 2.45 bits per heavy atom. The van der Waals surface area contributed by atoms with Crippen molar-refractivity contribution < 1.29 is 27.5 Å². The summed E-state index contributed by atoms with van der Waals surface area (Å²) in [7, 11) is 0. The monoisotopic (exact) mass is 460 g/mol. The Balaban J connectivity index is 1.63. The summed E-state index contributed by atoms with van der Waals surface area (Å²) in [6.07, 6.45) is -3.55. The predicted octanol–water partition coefficient (Wildman–Crippen LogP) is 4.43. The smallest absolute Gasteiger partial charge is 0.417 e. The molecule has 0 saturated carbocycles. The first kappa shape index (κ1) is 24.0. The number of aromatic nitrogens is 2. The lowest BCUT2D eigenvalue weighted by Crippen LogP contribution is -2.34. The van der Waals surface area contributed by atoms with Crippen LogP contribution in [0.4, 0.5) is 13.2 Å². The van der Waals surface area contributed by atoms with Gasteiger partial charge >= 0.3 is 6.18 Å². The van der Waals surface area contributed by atoms with Gasteiger partial charge in [-0.15, -0.1) is 0 Å². The van der Waals surface area contributed by atoms with Crippen molar-refractivity contribution in [1.82, 2.24) is 20.2 Å². The van der Waals surface area contributed by atoms with E-state index in [1.54, 1.807) is 35.2 Å². The van der Waals surface area contributed by atoms with Crippen LogP contribution < -0.4 is 10.1 Å². The number of ether oxygens (including phenoxy) is 1. The fourth-order valence-corrected chi connectivity index (χ4v) is 3.13. The Labute approximate surface area is 188 Å². The molecule has 0 fully saturated rings. The number of halogens is 3. The molecule has 0 aliphatic carbocycles. The third-order valence-corrected chi connectivity index (χ3v) is 4.92. The van der Waals surface area contributed by atoms with Gasteiger partial charge in [0.1, 0.15) is 11.4 Å². The predicted molar refractivity (Wildman–Crippen MR) is 116 cm³/mol. The van der Waals surface area contributed by atoms with E-state index in [1.807, 2.05) is 13.8 Å². The number of fused-ring (bicyclic) bond motifs is 1. The Kier molecular flexibility index (Phi) is 7.47. The molecule has 0 unspecified atom stereocenters. The molecule has 0 spiro atoms. The zero-order valence-corrected chi connectivity index (χ0v) is 18.1. The fraction of sp³-hybridized carbons (Fsp3) is 0.304. The summed E-state index contributed by atoms with van der Waals surface area (Å²) in [5.74, 6) is -0.0328. The summed E-state index contributed by atoms with van der Waals surface area (Å²) in [6.45, 7) is 5.25. The van der Waals surface area contributed by atoms with Gasteiger partial charge in [0, 0.05) is 43.7 Å². The van der Waals surface area contributed by atoms with Gasteiger partial charge in [-0.2, -0.15) is 13.2 Å². The second-order valence-corrected chi connectivity index (χ2v) is 7.11. The van der Waals surface area contributed by atoms with Crippen LogP contribution in [-0.2, 0) is 11.0 Å². The average Bonchev–Trinajstić information content (AvgIpc) is 2.79. The minimum atomic E-state index is -4.47. The lowest BCUT2D eigenvalue weighted by atomic mass is 10.2. The number of hydrogen-bond acceptors (Lipinski definition) is 5. The quantitative estimate of drug-likeness (QED) is 0.538. The molecule has 2 amide bonds. The third-order valence-electron chi connectivity index (χ3n) is 4.92. The van der Waals surface area contributed by atoms with Crippen LogP contribution in [0, 0.1) is 0 Å². The van der Waals surface area contributed by atoms with Crippen molar-refractivity contribution in [2.75, 3.05) is 19.6 Å². The number of carbonyl (C=O) groups is 2. The van der Waals surface area contributed by atoms with Gasteiger partial charge in [0.15, 0.2) is 0 Å². The molecule has 7 nitrogen and oxygen atoms in total. The highest BCUT2D eigenvalue weighted by Crippen LogP contribution is 2.30. The maximum Gasteiger partial charge on any atom is 0.417 e. The molecular weight excluding hydrogens is 437 g/mol. The van der Waals surface area contributed by atoms with Crippen molar-refractivity contribution in [3.63, 3.8) is 0 Å². The molecule has 0 aliphatic rings. The molecule has 33 heavy (non-hydrogen) atoms. The summed E-state index contributed by atoms with van der Waals surface area (Å²) < 4.78 is 43.5. The van der Waals surface area contributed by atoms with E-state index in [-0.39, 0.29) is 30.4 Å². The second kappa shape index (κ2) is 10.3. The molecule has 2 aromatic heterocycles. The number of carbonyl (C=O) groups excluding carboxylic acids is 2. The van der Waals surface area contributed by atoms with Crippen LogP contribution in [0.5, 0.6) is 11.6 Å². The van der Waals surface area contributed by atoms with Gasteiger partial charge < -0.3 is 15.0 Å². The van der Waals surface area contributed by atoms with Crippen LogP contribution in [0.25, 0.3) is 10.9 Å². The molecule has 0 radical (unpaired) electrons. The van der Waals surface area contributed by atoms with Crippen LogP contribution in [0.15, 0.2) is 48.7 Å². The lowest BCUT2D eigenvalue weighted by Gasteiger charge is -2.18. The van der Waals surface area contributed by atoms with Crippen molar-refractivity contribution in [2.24, 2.45) is 0 Å². The highest BCUT2D eigenvalue weighted by Gasteiger charge is 2.30. The number of benzene rings is 1. The molecule has 0 atom stereocenters. The van der Waals surface area contributed by atoms with Gasteiger partial charge in [0.2, 0.25) is 11.8 Å². The zero-order chi connectivity index (χ0) is 24.0. The van der Waals surface area contributed by atoms with Gasteiger partial charge in [-0.05, 0) is 44.2 Å². The minimum Gasteiger partial charge on any atom is -0.439 e. The van der Waals surface area contributed by atoms with E-state index in [4.69, 9.17) is 4.74 Å². The number of pyridine rings is 2. The molecule has 1 N–H and O–H groups in total. The molecule has 0 aliphatic heterocycles. The summed E-state index contributed by atoms with van der Waals surface area (Å²) >= 11 is 0. The van der Waals surface area contributed by atoms with Gasteiger partial charge in [-0.1, -0.05) is 6.07 Å². The first-order chi connectivity index (χ1) is 15.7. The lowest BCUT2D eigenvalue weighted by molar-refractivity contribution is -0.137. The SMILES string of the molecule is CCN(CC)C(=O)CCNC(=O)c1ccc2cc(Oc3ccc(C(F)(F)F)cn3)ccc2n1. The normalized spacial score (nSPS) is 11.3. The van der Waals surface area contributed by atoms with Crippen LogP contribution in [0.1, 0.15) is 36.3 Å². The van der Waals surface area contributed by atoms with Crippen molar-refractivity contribution in [3.05, 3.63) is 59.9 Å². The van der Waals surface area contributed by atoms with Gasteiger partial charge in [-0.3, -0.25) is 9.59 Å². The minimum absolute atomic E-state index is 0.0190. The molecular formula is C23H23F3N4O3. The van der Waals surface area contributed by atoms with Crippen LogP contribution >= 0.6 is 0 Å². The third kappa shape index (κ3) is 6.18. The number of nitrogens with zero attached hydrogens (tertiary/aromatic N) is 3. The largest absolute Gasteiger partial charge is 0.439 e. The number of alkyl halides is 3. The van der Waals surface area contributed by atoms with E-state index in [2.05, 4.69) is 15.3 Å². The summed E-state index contributed by atoms with van der Waals surface area (Å²) in [5, 5.41) is 3.37. The highest BCUT2D eigenvalue weighted by atomic mass is 19.4. The van der Waals surface area contributed by atoms with Gasteiger partial charge in [-0.25, -0.2) is 9.97 Å². The van der Waals surface area contributed by atoms with Crippen molar-refractivity contribution in [3.8, 4) is 11.6 Å². The Morgan fingerprint density at radius 2 is 1.82 bits per heavy atom. The van der Waals surface area contributed by atoms with E-state index >= 15 is 0 Å². The summed E-state index contributed by atoms with van der Waals surface area (Å²) in [4.78, 5) is 34.1. The molecule has 1 aromatic carbocycles. The first-order valence-corrected chi connectivity index (χ1v) is 10.4. The average molecular weight is 460 g/mol. The van der Waals surface area contributed by atoms with E-state index < -0.39 is 17.6 Å². The first-order valence-electron chi connectivity index (χ1n) is 10.4. The number of hydrogen-bond donors (Lipinski definition) is 1. The molecule has 3 aromatic rings. The molecule has 3 rings (SSSR count). The van der Waals surface area contributed by atoms with E-state index in [0.717, 1.165) is 12.1 Å². The Morgan fingerprint density at radius 1 is 1.06 bits per heavy atom. The van der Waals surface area contributed by atoms with Gasteiger partial charge in [0.25, 0.3) is 5.91 Å². The number of amides is 2. The molecule has 174 valence electrons. The van der Waals surface area contributed by atoms with Crippen molar-refractivity contribution in [2.45, 2.75) is 26.4 Å². The van der Waals surface area contributed by atoms with Crippen molar-refractivity contribution in [1.29, 1.82) is 0 Å². The van der Waals surface area contributed by atoms with Crippen LogP contribution in [0.3, 0.4) is 0 Å². The van der Waals surface area contributed by atoms with Crippen LogP contribution in [-0.4, -0.2) is 46.3 Å². The van der Waals surface area contributed by atoms with E-state index in [0.29, 0.717) is 35.9 Å². The van der Waals surface area contributed by atoms with E-state index in [9.17, 15) is 22.8 Å². The standard InChI is InChI=1S/C23H23F3N4O3/c1-3-30(4-2)21(31)11-12-27-22(32)19-8-5-15-13-17(7-9-18(15)29-19)33-20-10-6-16(14-28-20)23(24,25)26/h5-10,13-14H,3-4,11-12H2,1-2H3,(H,27,32). The van der Waals surface area contributed by atoms with E-state index in [1.165, 1.54) is 0 Å². The Bertz CT molecular complexity index is 1130. The maximum absolute atomic E-state index is 12.6. The Hall–Kier alpha value is -3.69. The topological polar surface area (TPSA) is 84.4 Å². The fourth-order valence-electron chi connectivity index (χ4n) is 3.13. The highest BCUT2D eigenvalue weighted by molar-refractivity contribution is 5.95. The molecule has 10 heteroatoms. The molecule has 2 heterocycles. The number of rotatable bonds is 8. The number of nitrogens with one attached hydrogen (secondary N) is 1. The maximum atomic E-state index is 12.6. The van der Waals surface area contributed by atoms with Crippen molar-refractivity contribution >= 4 is 22.7 Å².